The average Bonchev–Trinajstić information content (AvgIpc) is 2.89. The highest BCUT2D eigenvalue weighted by molar-refractivity contribution is 9.10. The molecule has 0 saturated carbocycles. The number of rotatable bonds is 3. The van der Waals surface area contributed by atoms with Gasteiger partial charge in [-0.15, -0.1) is 11.3 Å². The van der Waals surface area contributed by atoms with Crippen molar-refractivity contribution in [2.75, 3.05) is 0 Å². The Balaban J connectivity index is 1.86. The van der Waals surface area contributed by atoms with Crippen molar-refractivity contribution in [3.05, 3.63) is 69.2 Å². The van der Waals surface area contributed by atoms with E-state index in [1.807, 2.05) is 30.5 Å². The molecule has 19 heavy (non-hydrogen) atoms. The van der Waals surface area contributed by atoms with E-state index in [0.717, 1.165) is 27.2 Å². The van der Waals surface area contributed by atoms with E-state index < -0.39 is 0 Å². The Morgan fingerprint density at radius 2 is 2.00 bits per heavy atom. The normalized spacial score (nSPS) is 10.6. The fraction of sp³-hybridized carbons (Fsp3) is 0.0667. The molecule has 0 amide bonds. The van der Waals surface area contributed by atoms with Gasteiger partial charge in [0.1, 0.15) is 0 Å². The molecule has 0 saturated heterocycles. The van der Waals surface area contributed by atoms with Crippen LogP contribution in [0.5, 0.6) is 0 Å². The minimum absolute atomic E-state index is 0.836. The van der Waals surface area contributed by atoms with Crippen LogP contribution in [-0.2, 0) is 6.42 Å². The summed E-state index contributed by atoms with van der Waals surface area (Å²) in [6.07, 6.45) is 4.51. The standard InChI is InChI=1S/C15H11BrN2S/c16-13-6-2-1-5-12(13)14-10-19-15(18-14)8-11-4-3-7-17-9-11/h1-7,9-10H,8H2. The summed E-state index contributed by atoms with van der Waals surface area (Å²) in [6.45, 7) is 0. The topological polar surface area (TPSA) is 25.8 Å². The molecular weight excluding hydrogens is 320 g/mol. The minimum Gasteiger partial charge on any atom is -0.264 e. The van der Waals surface area contributed by atoms with E-state index in [1.54, 1.807) is 17.5 Å². The zero-order valence-corrected chi connectivity index (χ0v) is 12.5. The lowest BCUT2D eigenvalue weighted by molar-refractivity contribution is 1.11. The highest BCUT2D eigenvalue weighted by Gasteiger charge is 2.07. The van der Waals surface area contributed by atoms with Crippen LogP contribution >= 0.6 is 27.3 Å². The van der Waals surface area contributed by atoms with Crippen molar-refractivity contribution in [2.24, 2.45) is 0 Å². The number of nitrogens with zero attached hydrogens (tertiary/aromatic N) is 2. The van der Waals surface area contributed by atoms with E-state index in [4.69, 9.17) is 4.98 Å². The molecule has 2 aromatic heterocycles. The Bertz CT molecular complexity index is 679. The third kappa shape index (κ3) is 2.91. The number of hydrogen-bond donors (Lipinski definition) is 0. The summed E-state index contributed by atoms with van der Waals surface area (Å²) in [7, 11) is 0. The Morgan fingerprint density at radius 1 is 1.11 bits per heavy atom. The van der Waals surface area contributed by atoms with Crippen LogP contribution in [0.3, 0.4) is 0 Å². The van der Waals surface area contributed by atoms with Crippen LogP contribution in [0.25, 0.3) is 11.3 Å². The summed E-state index contributed by atoms with van der Waals surface area (Å²) in [6, 6.07) is 12.2. The van der Waals surface area contributed by atoms with Crippen LogP contribution in [-0.4, -0.2) is 9.97 Å². The number of halogens is 1. The van der Waals surface area contributed by atoms with Crippen molar-refractivity contribution in [2.45, 2.75) is 6.42 Å². The summed E-state index contributed by atoms with van der Waals surface area (Å²) in [5, 5.41) is 3.21. The molecular formula is C15H11BrN2S. The van der Waals surface area contributed by atoms with Gasteiger partial charge >= 0.3 is 0 Å². The summed E-state index contributed by atoms with van der Waals surface area (Å²) in [5.41, 5.74) is 3.35. The van der Waals surface area contributed by atoms with Gasteiger partial charge in [0.2, 0.25) is 0 Å². The summed E-state index contributed by atoms with van der Waals surface area (Å²) in [4.78, 5) is 8.83. The number of benzene rings is 1. The van der Waals surface area contributed by atoms with E-state index in [-0.39, 0.29) is 0 Å². The highest BCUT2D eigenvalue weighted by Crippen LogP contribution is 2.29. The minimum atomic E-state index is 0.836. The molecule has 3 rings (SSSR count). The van der Waals surface area contributed by atoms with Crippen molar-refractivity contribution in [1.29, 1.82) is 0 Å². The molecule has 0 radical (unpaired) electrons. The molecule has 0 atom stereocenters. The largest absolute Gasteiger partial charge is 0.264 e. The van der Waals surface area contributed by atoms with Gasteiger partial charge in [-0.3, -0.25) is 4.98 Å². The van der Waals surface area contributed by atoms with E-state index in [1.165, 1.54) is 5.56 Å². The molecule has 0 aliphatic rings. The summed E-state index contributed by atoms with van der Waals surface area (Å²) >= 11 is 5.25. The lowest BCUT2D eigenvalue weighted by Gasteiger charge is -1.99. The van der Waals surface area contributed by atoms with Gasteiger partial charge in [-0.2, -0.15) is 0 Å². The van der Waals surface area contributed by atoms with E-state index in [0.29, 0.717) is 0 Å². The highest BCUT2D eigenvalue weighted by atomic mass is 79.9. The molecule has 0 fully saturated rings. The molecule has 0 aliphatic carbocycles. The monoisotopic (exact) mass is 330 g/mol. The van der Waals surface area contributed by atoms with Crippen molar-refractivity contribution in [3.8, 4) is 11.3 Å². The third-order valence-electron chi connectivity index (χ3n) is 2.78. The van der Waals surface area contributed by atoms with Gasteiger partial charge < -0.3 is 0 Å². The second-order valence-corrected chi connectivity index (χ2v) is 5.94. The maximum absolute atomic E-state index is 4.70. The zero-order valence-electron chi connectivity index (χ0n) is 10.1. The molecule has 0 aliphatic heterocycles. The van der Waals surface area contributed by atoms with Crippen molar-refractivity contribution in [3.63, 3.8) is 0 Å². The molecule has 2 heterocycles. The summed E-state index contributed by atoms with van der Waals surface area (Å²) in [5.74, 6) is 0. The fourth-order valence-electron chi connectivity index (χ4n) is 1.86. The van der Waals surface area contributed by atoms with Crippen LogP contribution in [0, 0.1) is 0 Å². The molecule has 94 valence electrons. The predicted octanol–water partition coefficient (Wildman–Crippen LogP) is 4.56. The maximum atomic E-state index is 4.70. The molecule has 0 N–H and O–H groups in total. The van der Waals surface area contributed by atoms with E-state index in [2.05, 4.69) is 38.4 Å². The lowest BCUT2D eigenvalue weighted by Crippen LogP contribution is -1.88. The van der Waals surface area contributed by atoms with Gasteiger partial charge in [-0.1, -0.05) is 40.2 Å². The summed E-state index contributed by atoms with van der Waals surface area (Å²) < 4.78 is 1.08. The van der Waals surface area contributed by atoms with Crippen LogP contribution < -0.4 is 0 Å². The van der Waals surface area contributed by atoms with Gasteiger partial charge in [0, 0.05) is 34.2 Å². The predicted molar refractivity (Wildman–Crippen MR) is 82.3 cm³/mol. The van der Waals surface area contributed by atoms with Crippen LogP contribution in [0.2, 0.25) is 0 Å². The first kappa shape index (κ1) is 12.5. The number of pyridine rings is 1. The Hall–Kier alpha value is -1.52. The molecule has 0 unspecified atom stereocenters. The number of thiazole rings is 1. The van der Waals surface area contributed by atoms with Gasteiger partial charge in [-0.25, -0.2) is 4.98 Å². The maximum Gasteiger partial charge on any atom is 0.0977 e. The second-order valence-electron chi connectivity index (χ2n) is 4.14. The van der Waals surface area contributed by atoms with E-state index >= 15 is 0 Å². The first-order chi connectivity index (χ1) is 9.33. The Kier molecular flexibility index (Phi) is 3.71. The zero-order chi connectivity index (χ0) is 13.1. The van der Waals surface area contributed by atoms with Crippen LogP contribution in [0.4, 0.5) is 0 Å². The molecule has 3 aromatic rings. The van der Waals surface area contributed by atoms with Crippen LogP contribution in [0.1, 0.15) is 10.6 Å². The number of aromatic nitrogens is 2. The molecule has 0 spiro atoms. The Morgan fingerprint density at radius 3 is 2.79 bits per heavy atom. The lowest BCUT2D eigenvalue weighted by atomic mass is 10.2. The van der Waals surface area contributed by atoms with Crippen molar-refractivity contribution < 1.29 is 0 Å². The molecule has 4 heteroatoms. The first-order valence-electron chi connectivity index (χ1n) is 5.91. The quantitative estimate of drug-likeness (QED) is 0.703. The van der Waals surface area contributed by atoms with E-state index in [9.17, 15) is 0 Å². The van der Waals surface area contributed by atoms with Gasteiger partial charge in [-0.05, 0) is 17.7 Å². The van der Waals surface area contributed by atoms with Gasteiger partial charge in [0.15, 0.2) is 0 Å². The van der Waals surface area contributed by atoms with Crippen LogP contribution in [0.15, 0.2) is 58.6 Å². The molecule has 0 bridgehead atoms. The Labute approximate surface area is 124 Å². The van der Waals surface area contributed by atoms with Crippen molar-refractivity contribution in [1.82, 2.24) is 9.97 Å². The SMILES string of the molecule is Brc1ccccc1-c1csc(Cc2cccnc2)n1. The fourth-order valence-corrected chi connectivity index (χ4v) is 3.18. The number of hydrogen-bond acceptors (Lipinski definition) is 3. The third-order valence-corrected chi connectivity index (χ3v) is 4.32. The smallest absolute Gasteiger partial charge is 0.0977 e. The second kappa shape index (κ2) is 5.63. The molecule has 2 nitrogen and oxygen atoms in total. The van der Waals surface area contributed by atoms with Gasteiger partial charge in [0.25, 0.3) is 0 Å². The average molecular weight is 331 g/mol. The first-order valence-corrected chi connectivity index (χ1v) is 7.58. The molecule has 1 aromatic carbocycles. The van der Waals surface area contributed by atoms with Crippen molar-refractivity contribution >= 4 is 27.3 Å². The van der Waals surface area contributed by atoms with Gasteiger partial charge in [0.05, 0.1) is 10.7 Å².